The number of anilines is 1. The maximum atomic E-state index is 13.1. The summed E-state index contributed by atoms with van der Waals surface area (Å²) in [4.78, 5) is 17.2. The highest BCUT2D eigenvalue weighted by Crippen LogP contribution is 2.29. The number of halogens is 1. The number of benzene rings is 2. The normalized spacial score (nSPS) is 18.4. The number of hydrogen-bond donors (Lipinski definition) is 0. The molecule has 4 rings (SSSR count). The fourth-order valence-electron chi connectivity index (χ4n) is 4.40. The minimum absolute atomic E-state index is 0.0305. The molecule has 1 amide bonds. The molecule has 0 saturated carbocycles. The molecular weight excluding hydrogens is 448 g/mol. The van der Waals surface area contributed by atoms with E-state index in [9.17, 15) is 18.5 Å². The summed E-state index contributed by atoms with van der Waals surface area (Å²) < 4.78 is 27.4. The lowest BCUT2D eigenvalue weighted by Gasteiger charge is -2.39. The molecule has 2 aliphatic heterocycles. The average Bonchev–Trinajstić information content (AvgIpc) is 2.84. The van der Waals surface area contributed by atoms with Crippen molar-refractivity contribution in [3.05, 3.63) is 59.1 Å². The summed E-state index contributed by atoms with van der Waals surface area (Å²) in [5, 5.41) is 9.96. The van der Waals surface area contributed by atoms with E-state index in [-0.39, 0.29) is 35.4 Å². The number of hydrogen-bond acceptors (Lipinski definition) is 5. The molecule has 0 aromatic heterocycles. The Hall–Kier alpha value is -2.60. The molecule has 0 atom stereocenters. The van der Waals surface area contributed by atoms with Crippen molar-refractivity contribution >= 4 is 33.2 Å². The van der Waals surface area contributed by atoms with E-state index in [4.69, 9.17) is 11.6 Å². The molecule has 7 nitrogen and oxygen atoms in total. The first-order valence-electron chi connectivity index (χ1n) is 10.7. The van der Waals surface area contributed by atoms with Gasteiger partial charge >= 0.3 is 0 Å². The van der Waals surface area contributed by atoms with E-state index in [1.54, 1.807) is 12.1 Å². The number of amides is 1. The predicted octanol–water partition coefficient (Wildman–Crippen LogP) is 2.96. The molecule has 0 spiro atoms. The van der Waals surface area contributed by atoms with Crippen LogP contribution in [0.4, 0.5) is 5.69 Å². The Morgan fingerprint density at radius 1 is 0.938 bits per heavy atom. The van der Waals surface area contributed by atoms with Crippen molar-refractivity contribution in [3.63, 3.8) is 0 Å². The smallest absolute Gasteiger partial charge is 0.244 e. The zero-order valence-electron chi connectivity index (χ0n) is 17.7. The lowest BCUT2D eigenvalue weighted by atomic mass is 9.96. The van der Waals surface area contributed by atoms with Gasteiger partial charge in [0.25, 0.3) is 0 Å². The molecule has 0 aliphatic carbocycles. The number of piperazine rings is 1. The van der Waals surface area contributed by atoms with Crippen molar-refractivity contribution in [1.82, 2.24) is 9.21 Å². The molecule has 0 radical (unpaired) electrons. The third-order valence-electron chi connectivity index (χ3n) is 6.21. The highest BCUT2D eigenvalue weighted by atomic mass is 35.5. The van der Waals surface area contributed by atoms with Crippen molar-refractivity contribution in [1.29, 1.82) is 5.26 Å². The van der Waals surface area contributed by atoms with Gasteiger partial charge in [-0.15, -0.1) is 0 Å². The summed E-state index contributed by atoms with van der Waals surface area (Å²) in [6.45, 7) is 3.23. The van der Waals surface area contributed by atoms with Gasteiger partial charge in [0.15, 0.2) is 0 Å². The number of para-hydroxylation sites is 1. The van der Waals surface area contributed by atoms with Crippen molar-refractivity contribution in [3.8, 4) is 6.07 Å². The van der Waals surface area contributed by atoms with Crippen molar-refractivity contribution in [2.45, 2.75) is 17.7 Å². The summed E-state index contributed by atoms with van der Waals surface area (Å²) in [7, 11) is -3.75. The second kappa shape index (κ2) is 9.49. The van der Waals surface area contributed by atoms with Gasteiger partial charge in [-0.25, -0.2) is 8.42 Å². The number of rotatable bonds is 4. The van der Waals surface area contributed by atoms with Crippen LogP contribution in [-0.4, -0.2) is 62.8 Å². The summed E-state index contributed by atoms with van der Waals surface area (Å²) in [5.41, 5.74) is 1.12. The van der Waals surface area contributed by atoms with Crippen LogP contribution in [0.2, 0.25) is 5.02 Å². The Morgan fingerprint density at radius 2 is 1.56 bits per heavy atom. The Kier molecular flexibility index (Phi) is 6.70. The molecule has 0 N–H and O–H groups in total. The van der Waals surface area contributed by atoms with Crippen LogP contribution in [0.25, 0.3) is 0 Å². The summed E-state index contributed by atoms with van der Waals surface area (Å²) in [6, 6.07) is 15.9. The second-order valence-electron chi connectivity index (χ2n) is 8.05. The molecule has 0 unspecified atom stereocenters. The van der Waals surface area contributed by atoms with E-state index >= 15 is 0 Å². The van der Waals surface area contributed by atoms with E-state index in [2.05, 4.69) is 4.90 Å². The monoisotopic (exact) mass is 472 g/mol. The second-order valence-corrected chi connectivity index (χ2v) is 10.4. The average molecular weight is 473 g/mol. The van der Waals surface area contributed by atoms with Gasteiger partial charge in [-0.3, -0.25) is 4.79 Å². The first-order valence-corrected chi connectivity index (χ1v) is 12.5. The van der Waals surface area contributed by atoms with Crippen LogP contribution in [0, 0.1) is 17.2 Å². The van der Waals surface area contributed by atoms with Gasteiger partial charge in [0.05, 0.1) is 21.2 Å². The van der Waals surface area contributed by atoms with E-state index in [0.717, 1.165) is 5.69 Å². The molecule has 168 valence electrons. The molecule has 2 heterocycles. The van der Waals surface area contributed by atoms with E-state index in [1.165, 1.54) is 16.4 Å². The van der Waals surface area contributed by atoms with Crippen LogP contribution in [-0.2, 0) is 14.8 Å². The molecule has 2 aromatic rings. The minimum atomic E-state index is -3.75. The third kappa shape index (κ3) is 4.46. The topological polar surface area (TPSA) is 84.7 Å². The highest BCUT2D eigenvalue weighted by Gasteiger charge is 2.35. The van der Waals surface area contributed by atoms with E-state index in [0.29, 0.717) is 44.0 Å². The zero-order chi connectivity index (χ0) is 22.7. The molecule has 2 aliphatic rings. The number of carbonyl (C=O) groups is 1. The van der Waals surface area contributed by atoms with Gasteiger partial charge in [0.1, 0.15) is 6.07 Å². The maximum Gasteiger partial charge on any atom is 0.244 e. The number of piperidine rings is 1. The Bertz CT molecular complexity index is 1130. The van der Waals surface area contributed by atoms with Gasteiger partial charge in [-0.1, -0.05) is 35.9 Å². The third-order valence-corrected chi connectivity index (χ3v) is 8.49. The molecule has 2 aromatic carbocycles. The van der Waals surface area contributed by atoms with Crippen LogP contribution in [0.1, 0.15) is 18.4 Å². The maximum absolute atomic E-state index is 13.1. The quantitative estimate of drug-likeness (QED) is 0.683. The molecule has 0 bridgehead atoms. The fourth-order valence-corrected chi connectivity index (χ4v) is 6.27. The van der Waals surface area contributed by atoms with E-state index < -0.39 is 10.0 Å². The van der Waals surface area contributed by atoms with Gasteiger partial charge in [-0.2, -0.15) is 9.57 Å². The standard InChI is InChI=1S/C23H25ClN4O3S/c24-20-6-2-3-7-21(20)26-13-15-27(16-14-26)23(29)18-9-11-28(12-10-18)32(30,31)22-8-4-1-5-19(22)17-25/h1-8,18H,9-16H2. The summed E-state index contributed by atoms with van der Waals surface area (Å²) in [6.07, 6.45) is 0.967. The summed E-state index contributed by atoms with van der Waals surface area (Å²) >= 11 is 6.30. The predicted molar refractivity (Wildman–Crippen MR) is 123 cm³/mol. The molecule has 2 saturated heterocycles. The molecule has 9 heteroatoms. The van der Waals surface area contributed by atoms with Crippen molar-refractivity contribution in [2.24, 2.45) is 5.92 Å². The van der Waals surface area contributed by atoms with Crippen molar-refractivity contribution in [2.75, 3.05) is 44.2 Å². The first-order chi connectivity index (χ1) is 15.4. The first kappa shape index (κ1) is 22.6. The molecule has 2 fully saturated rings. The number of nitriles is 1. The number of carbonyl (C=O) groups excluding carboxylic acids is 1. The Morgan fingerprint density at radius 3 is 2.22 bits per heavy atom. The van der Waals surface area contributed by atoms with Gasteiger partial charge in [0, 0.05) is 45.2 Å². The van der Waals surface area contributed by atoms with Gasteiger partial charge in [-0.05, 0) is 37.1 Å². The van der Waals surface area contributed by atoms with E-state index in [1.807, 2.05) is 35.2 Å². The van der Waals surface area contributed by atoms with Crippen LogP contribution in [0.15, 0.2) is 53.4 Å². The number of nitrogens with zero attached hydrogens (tertiary/aromatic N) is 4. The number of sulfonamides is 1. The Labute approximate surface area is 193 Å². The van der Waals surface area contributed by atoms with Gasteiger partial charge < -0.3 is 9.80 Å². The van der Waals surface area contributed by atoms with Crippen LogP contribution < -0.4 is 4.90 Å². The summed E-state index contributed by atoms with van der Waals surface area (Å²) in [5.74, 6) is -0.0854. The lowest BCUT2D eigenvalue weighted by molar-refractivity contribution is -0.137. The molecular formula is C23H25ClN4O3S. The van der Waals surface area contributed by atoms with Crippen molar-refractivity contribution < 1.29 is 13.2 Å². The lowest BCUT2D eigenvalue weighted by Crippen LogP contribution is -2.52. The molecule has 32 heavy (non-hydrogen) atoms. The largest absolute Gasteiger partial charge is 0.367 e. The fraction of sp³-hybridized carbons (Fsp3) is 0.391. The Balaban J connectivity index is 1.34. The van der Waals surface area contributed by atoms with Gasteiger partial charge in [0.2, 0.25) is 15.9 Å². The van der Waals surface area contributed by atoms with Crippen LogP contribution >= 0.6 is 11.6 Å². The SMILES string of the molecule is N#Cc1ccccc1S(=O)(=O)N1CCC(C(=O)N2CCN(c3ccccc3Cl)CC2)CC1. The van der Waals surface area contributed by atoms with Crippen LogP contribution in [0.5, 0.6) is 0 Å². The van der Waals surface area contributed by atoms with Crippen LogP contribution in [0.3, 0.4) is 0 Å². The highest BCUT2D eigenvalue weighted by molar-refractivity contribution is 7.89. The minimum Gasteiger partial charge on any atom is -0.367 e. The zero-order valence-corrected chi connectivity index (χ0v) is 19.2.